The maximum Gasteiger partial charge on any atom is 0.221 e. The van der Waals surface area contributed by atoms with Crippen molar-refractivity contribution in [3.05, 3.63) is 28.2 Å². The Hall–Kier alpha value is -0.730. The first-order valence-electron chi connectivity index (χ1n) is 3.24. The molecule has 63 valence electrons. The van der Waals surface area contributed by atoms with Gasteiger partial charge in [0.25, 0.3) is 0 Å². The van der Waals surface area contributed by atoms with Crippen LogP contribution < -0.4 is 5.32 Å². The van der Waals surface area contributed by atoms with Gasteiger partial charge in [-0.2, -0.15) is 0 Å². The topological polar surface area (TPSA) is 29.1 Å². The molecule has 1 radical (unpaired) electrons. The Morgan fingerprint density at radius 3 is 2.33 bits per heavy atom. The zero-order chi connectivity index (χ0) is 9.14. The Morgan fingerprint density at radius 2 is 1.92 bits per heavy atom. The Labute approximate surface area is 80.5 Å². The fraction of sp³-hybridized carbons (Fsp3) is 0.125. The quantitative estimate of drug-likeness (QED) is 0.746. The minimum absolute atomic E-state index is 0.204. The van der Waals surface area contributed by atoms with Crippen LogP contribution in [0.2, 0.25) is 10.0 Å². The van der Waals surface area contributed by atoms with Gasteiger partial charge in [-0.25, -0.2) is 0 Å². The lowest BCUT2D eigenvalue weighted by molar-refractivity contribution is -0.114. The molecule has 0 aliphatic rings. The van der Waals surface area contributed by atoms with Gasteiger partial charge in [0.1, 0.15) is 0 Å². The zero-order valence-electron chi connectivity index (χ0n) is 6.32. The molecule has 0 bridgehead atoms. The van der Waals surface area contributed by atoms with Crippen LogP contribution >= 0.6 is 23.2 Å². The Kier molecular flexibility index (Phi) is 2.95. The van der Waals surface area contributed by atoms with Crippen molar-refractivity contribution in [2.24, 2.45) is 0 Å². The second kappa shape index (κ2) is 3.78. The van der Waals surface area contributed by atoms with Crippen LogP contribution in [0.4, 0.5) is 5.69 Å². The van der Waals surface area contributed by atoms with Crippen LogP contribution in [0.3, 0.4) is 0 Å². The zero-order valence-corrected chi connectivity index (χ0v) is 7.83. The number of hydrogen-bond acceptors (Lipinski definition) is 1. The number of amides is 1. The van der Waals surface area contributed by atoms with Crippen LogP contribution in [0.25, 0.3) is 0 Å². The summed E-state index contributed by atoms with van der Waals surface area (Å²) in [6, 6.07) is 5.81. The van der Waals surface area contributed by atoms with Gasteiger partial charge in [-0.1, -0.05) is 23.2 Å². The number of nitrogens with one attached hydrogen (secondary N) is 1. The van der Waals surface area contributed by atoms with Gasteiger partial charge in [0.05, 0.1) is 15.7 Å². The highest BCUT2D eigenvalue weighted by Gasteiger charge is 2.05. The van der Waals surface area contributed by atoms with Crippen molar-refractivity contribution in [3.63, 3.8) is 0 Å². The predicted octanol–water partition coefficient (Wildman–Crippen LogP) is 2.75. The van der Waals surface area contributed by atoms with Crippen LogP contribution in [-0.2, 0) is 4.79 Å². The molecule has 2 nitrogen and oxygen atoms in total. The molecule has 0 aliphatic carbocycles. The fourth-order valence-corrected chi connectivity index (χ4v) is 1.21. The lowest BCUT2D eigenvalue weighted by Gasteiger charge is -2.05. The maximum absolute atomic E-state index is 10.7. The molecule has 0 aliphatic heterocycles. The van der Waals surface area contributed by atoms with Crippen LogP contribution in [0.1, 0.15) is 6.92 Å². The first-order chi connectivity index (χ1) is 5.61. The highest BCUT2D eigenvalue weighted by atomic mass is 35.5. The van der Waals surface area contributed by atoms with Crippen molar-refractivity contribution < 1.29 is 4.79 Å². The van der Waals surface area contributed by atoms with Crippen molar-refractivity contribution in [1.82, 2.24) is 0 Å². The van der Waals surface area contributed by atoms with E-state index in [2.05, 4.69) is 11.4 Å². The lowest BCUT2D eigenvalue weighted by Crippen LogP contribution is -2.06. The van der Waals surface area contributed by atoms with E-state index >= 15 is 0 Å². The van der Waals surface area contributed by atoms with Gasteiger partial charge in [0.15, 0.2) is 0 Å². The fourth-order valence-electron chi connectivity index (χ4n) is 0.742. The molecule has 0 fully saturated rings. The van der Waals surface area contributed by atoms with Gasteiger partial charge < -0.3 is 5.32 Å². The molecular formula is C8H6Cl2NO. The SMILES string of the molecule is CC(=O)Nc1c(Cl)c[c]cc1Cl. The Bertz CT molecular complexity index is 292. The van der Waals surface area contributed by atoms with Crippen LogP contribution in [0.15, 0.2) is 12.1 Å². The summed E-state index contributed by atoms with van der Waals surface area (Å²) in [5, 5.41) is 3.29. The molecule has 1 rings (SSSR count). The van der Waals surface area contributed by atoms with Crippen LogP contribution in [0.5, 0.6) is 0 Å². The molecule has 1 aromatic rings. The number of carbonyl (C=O) groups excluding carboxylic acids is 1. The Balaban J connectivity index is 3.04. The smallest absolute Gasteiger partial charge is 0.221 e. The van der Waals surface area contributed by atoms with E-state index in [-0.39, 0.29) is 5.91 Å². The molecule has 0 unspecified atom stereocenters. The van der Waals surface area contributed by atoms with E-state index in [0.717, 1.165) is 0 Å². The van der Waals surface area contributed by atoms with E-state index in [4.69, 9.17) is 23.2 Å². The van der Waals surface area contributed by atoms with Gasteiger partial charge in [-0.05, 0) is 18.2 Å². The molecule has 0 heterocycles. The number of hydrogen-bond donors (Lipinski definition) is 1. The van der Waals surface area contributed by atoms with Gasteiger partial charge in [0, 0.05) is 6.92 Å². The Morgan fingerprint density at radius 1 is 1.42 bits per heavy atom. The predicted molar refractivity (Wildman–Crippen MR) is 49.6 cm³/mol. The average Bonchev–Trinajstić information content (AvgIpc) is 1.97. The molecule has 0 spiro atoms. The summed E-state index contributed by atoms with van der Waals surface area (Å²) >= 11 is 11.5. The molecule has 12 heavy (non-hydrogen) atoms. The average molecular weight is 203 g/mol. The van der Waals surface area contributed by atoms with E-state index < -0.39 is 0 Å². The third-order valence-electron chi connectivity index (χ3n) is 1.20. The number of anilines is 1. The molecule has 0 saturated heterocycles. The summed E-state index contributed by atoms with van der Waals surface area (Å²) in [6.07, 6.45) is 0. The number of benzene rings is 1. The minimum Gasteiger partial charge on any atom is -0.324 e. The summed E-state index contributed by atoms with van der Waals surface area (Å²) in [7, 11) is 0. The molecule has 4 heteroatoms. The number of rotatable bonds is 1. The molecular weight excluding hydrogens is 197 g/mol. The monoisotopic (exact) mass is 202 g/mol. The maximum atomic E-state index is 10.7. The third-order valence-corrected chi connectivity index (χ3v) is 1.79. The second-order valence-corrected chi connectivity index (χ2v) is 3.02. The highest BCUT2D eigenvalue weighted by molar-refractivity contribution is 6.39. The van der Waals surface area contributed by atoms with Crippen molar-refractivity contribution in [2.75, 3.05) is 5.32 Å². The molecule has 1 aromatic carbocycles. The summed E-state index contributed by atoms with van der Waals surface area (Å²) in [5.41, 5.74) is 0.435. The van der Waals surface area contributed by atoms with Crippen molar-refractivity contribution in [1.29, 1.82) is 0 Å². The summed E-state index contributed by atoms with van der Waals surface area (Å²) in [4.78, 5) is 10.7. The minimum atomic E-state index is -0.204. The van der Waals surface area contributed by atoms with Gasteiger partial charge >= 0.3 is 0 Å². The van der Waals surface area contributed by atoms with E-state index in [9.17, 15) is 4.79 Å². The number of carbonyl (C=O) groups is 1. The molecule has 0 saturated carbocycles. The number of halogens is 2. The second-order valence-electron chi connectivity index (χ2n) is 2.21. The van der Waals surface area contributed by atoms with E-state index in [0.29, 0.717) is 15.7 Å². The standard InChI is InChI=1S/C8H6Cl2NO/c1-5(12)11-8-6(9)3-2-4-7(8)10/h3-4H,1H3,(H,11,12). The third kappa shape index (κ3) is 2.13. The van der Waals surface area contributed by atoms with E-state index in [1.807, 2.05) is 0 Å². The van der Waals surface area contributed by atoms with Gasteiger partial charge in [-0.15, -0.1) is 0 Å². The first kappa shape index (κ1) is 9.36. The lowest BCUT2D eigenvalue weighted by atomic mass is 10.3. The molecule has 0 atom stereocenters. The molecule has 0 aromatic heterocycles. The normalized spacial score (nSPS) is 9.58. The van der Waals surface area contributed by atoms with Crippen molar-refractivity contribution in [2.45, 2.75) is 6.92 Å². The van der Waals surface area contributed by atoms with E-state index in [1.54, 1.807) is 12.1 Å². The van der Waals surface area contributed by atoms with Crippen molar-refractivity contribution >= 4 is 34.8 Å². The largest absolute Gasteiger partial charge is 0.324 e. The van der Waals surface area contributed by atoms with Gasteiger partial charge in [0.2, 0.25) is 5.91 Å². The van der Waals surface area contributed by atoms with Crippen LogP contribution in [-0.4, -0.2) is 5.91 Å². The van der Waals surface area contributed by atoms with Crippen molar-refractivity contribution in [3.8, 4) is 0 Å². The molecule has 1 amide bonds. The summed E-state index contributed by atoms with van der Waals surface area (Å²) in [5.74, 6) is -0.204. The summed E-state index contributed by atoms with van der Waals surface area (Å²) < 4.78 is 0. The van der Waals surface area contributed by atoms with E-state index in [1.165, 1.54) is 6.92 Å². The highest BCUT2D eigenvalue weighted by Crippen LogP contribution is 2.29. The molecule has 1 N–H and O–H groups in total. The van der Waals surface area contributed by atoms with Crippen LogP contribution in [0, 0.1) is 6.07 Å². The summed E-state index contributed by atoms with van der Waals surface area (Å²) in [6.45, 7) is 1.39. The van der Waals surface area contributed by atoms with Gasteiger partial charge in [-0.3, -0.25) is 4.79 Å². The first-order valence-corrected chi connectivity index (χ1v) is 3.99.